The molecule has 0 radical (unpaired) electrons. The quantitative estimate of drug-likeness (QED) is 0.895. The second-order valence-electron chi connectivity index (χ2n) is 7.40. The number of carbonyl (C=O) groups excluding carboxylic acids is 1. The van der Waals surface area contributed by atoms with E-state index >= 15 is 0 Å². The van der Waals surface area contributed by atoms with Crippen molar-refractivity contribution < 1.29 is 9.32 Å². The number of anilines is 1. The van der Waals surface area contributed by atoms with Crippen LogP contribution in [0.15, 0.2) is 28.8 Å². The first kappa shape index (κ1) is 16.3. The summed E-state index contributed by atoms with van der Waals surface area (Å²) in [6.07, 6.45) is 5.40. The molecule has 2 aromatic rings. The number of carbonyl (C=O) groups is 1. The minimum absolute atomic E-state index is 0.0613. The summed E-state index contributed by atoms with van der Waals surface area (Å²) in [5.74, 6) is 2.21. The maximum atomic E-state index is 12.8. The van der Waals surface area contributed by atoms with Gasteiger partial charge in [0.1, 0.15) is 0 Å². The van der Waals surface area contributed by atoms with E-state index in [1.807, 2.05) is 24.3 Å². The molecular formula is C19H24N4O2. The van der Waals surface area contributed by atoms with Crippen LogP contribution in [0.1, 0.15) is 38.0 Å². The van der Waals surface area contributed by atoms with Crippen LogP contribution in [0.4, 0.5) is 5.69 Å². The lowest BCUT2D eigenvalue weighted by Gasteiger charge is -2.43. The zero-order valence-electron chi connectivity index (χ0n) is 14.4. The Morgan fingerprint density at radius 1 is 1.28 bits per heavy atom. The molecule has 2 aliphatic rings. The molecule has 0 aliphatic heterocycles. The molecule has 2 aliphatic carbocycles. The summed E-state index contributed by atoms with van der Waals surface area (Å²) in [6.45, 7) is 1.76. The fourth-order valence-corrected chi connectivity index (χ4v) is 4.40. The van der Waals surface area contributed by atoms with Gasteiger partial charge < -0.3 is 15.6 Å². The average Bonchev–Trinajstić information content (AvgIpc) is 3.01. The first-order valence-corrected chi connectivity index (χ1v) is 9.07. The standard InChI is InChI=1S/C19H24N4O2/c1-11-21-18(23-25-11)14-6-3-7-16(10-14)22-19(24)15-8-12-4-2-5-13(9-15)17(12)20/h3,6-7,10,12-13,15,17H,2,4-5,8-9,20H2,1H3,(H,22,24). The first-order valence-electron chi connectivity index (χ1n) is 9.07. The molecule has 2 saturated carbocycles. The van der Waals surface area contributed by atoms with Crippen molar-refractivity contribution in [1.82, 2.24) is 10.1 Å². The van der Waals surface area contributed by atoms with Gasteiger partial charge in [-0.05, 0) is 49.7 Å². The molecule has 6 nitrogen and oxygen atoms in total. The van der Waals surface area contributed by atoms with E-state index in [4.69, 9.17) is 10.3 Å². The number of fused-ring (bicyclic) bond motifs is 2. The maximum Gasteiger partial charge on any atom is 0.227 e. The van der Waals surface area contributed by atoms with Crippen molar-refractivity contribution in [3.05, 3.63) is 30.2 Å². The predicted molar refractivity (Wildman–Crippen MR) is 94.6 cm³/mol. The molecule has 2 fully saturated rings. The molecular weight excluding hydrogens is 316 g/mol. The molecule has 132 valence electrons. The van der Waals surface area contributed by atoms with Crippen LogP contribution in [0.2, 0.25) is 0 Å². The van der Waals surface area contributed by atoms with Crippen molar-refractivity contribution in [1.29, 1.82) is 0 Å². The Labute approximate surface area is 147 Å². The van der Waals surface area contributed by atoms with Crippen LogP contribution >= 0.6 is 0 Å². The highest BCUT2D eigenvalue weighted by Gasteiger charge is 2.40. The largest absolute Gasteiger partial charge is 0.339 e. The van der Waals surface area contributed by atoms with E-state index in [0.29, 0.717) is 23.6 Å². The summed E-state index contributed by atoms with van der Waals surface area (Å²) in [5, 5.41) is 7.00. The summed E-state index contributed by atoms with van der Waals surface area (Å²) in [6, 6.07) is 7.86. The molecule has 1 heterocycles. The summed E-state index contributed by atoms with van der Waals surface area (Å²) >= 11 is 0. The number of hydrogen-bond acceptors (Lipinski definition) is 5. The molecule has 0 spiro atoms. The van der Waals surface area contributed by atoms with Crippen LogP contribution in [0.3, 0.4) is 0 Å². The van der Waals surface area contributed by atoms with Gasteiger partial charge in [0.05, 0.1) is 0 Å². The van der Waals surface area contributed by atoms with E-state index in [0.717, 1.165) is 36.9 Å². The second-order valence-corrected chi connectivity index (χ2v) is 7.40. The molecule has 3 N–H and O–H groups in total. The van der Waals surface area contributed by atoms with Gasteiger partial charge in [-0.1, -0.05) is 23.7 Å². The fourth-order valence-electron chi connectivity index (χ4n) is 4.40. The van der Waals surface area contributed by atoms with Crippen LogP contribution in [0, 0.1) is 24.7 Å². The number of nitrogens with zero attached hydrogens (tertiary/aromatic N) is 2. The van der Waals surface area contributed by atoms with E-state index in [-0.39, 0.29) is 17.9 Å². The highest BCUT2D eigenvalue weighted by atomic mass is 16.5. The van der Waals surface area contributed by atoms with E-state index in [1.54, 1.807) is 6.92 Å². The lowest BCUT2D eigenvalue weighted by Crippen LogP contribution is -2.48. The third-order valence-corrected chi connectivity index (χ3v) is 5.70. The summed E-state index contributed by atoms with van der Waals surface area (Å²) in [5.41, 5.74) is 7.93. The third kappa shape index (κ3) is 3.31. The number of hydrogen-bond donors (Lipinski definition) is 2. The molecule has 2 bridgehead atoms. The average molecular weight is 340 g/mol. The highest BCUT2D eigenvalue weighted by molar-refractivity contribution is 5.93. The molecule has 6 heteroatoms. The number of aryl methyl sites for hydroxylation is 1. The minimum Gasteiger partial charge on any atom is -0.339 e. The number of benzene rings is 1. The third-order valence-electron chi connectivity index (χ3n) is 5.70. The van der Waals surface area contributed by atoms with Crippen LogP contribution in [0.25, 0.3) is 11.4 Å². The number of amides is 1. The minimum atomic E-state index is 0.0613. The Hall–Kier alpha value is -2.21. The van der Waals surface area contributed by atoms with Gasteiger partial charge in [0.15, 0.2) is 0 Å². The lowest BCUT2D eigenvalue weighted by atomic mass is 9.65. The number of nitrogens with one attached hydrogen (secondary N) is 1. The van der Waals surface area contributed by atoms with Crippen molar-refractivity contribution >= 4 is 11.6 Å². The molecule has 4 rings (SSSR count). The second kappa shape index (κ2) is 6.59. The van der Waals surface area contributed by atoms with Gasteiger partial charge in [-0.25, -0.2) is 0 Å². The van der Waals surface area contributed by atoms with Gasteiger partial charge in [-0.3, -0.25) is 4.79 Å². The Kier molecular flexibility index (Phi) is 4.29. The van der Waals surface area contributed by atoms with E-state index in [1.165, 1.54) is 6.42 Å². The zero-order chi connectivity index (χ0) is 17.4. The first-order chi connectivity index (χ1) is 12.1. The lowest BCUT2D eigenvalue weighted by molar-refractivity contribution is -0.122. The number of aromatic nitrogens is 2. The topological polar surface area (TPSA) is 94.0 Å². The smallest absolute Gasteiger partial charge is 0.227 e. The molecule has 1 aromatic heterocycles. The Morgan fingerprint density at radius 3 is 2.72 bits per heavy atom. The normalized spacial score (nSPS) is 28.6. The van der Waals surface area contributed by atoms with Crippen LogP contribution in [-0.2, 0) is 4.79 Å². The van der Waals surface area contributed by atoms with Crippen molar-refractivity contribution in [3.8, 4) is 11.4 Å². The molecule has 2 unspecified atom stereocenters. The van der Waals surface area contributed by atoms with Crippen molar-refractivity contribution in [2.75, 3.05) is 5.32 Å². The van der Waals surface area contributed by atoms with Crippen LogP contribution in [-0.4, -0.2) is 22.1 Å². The van der Waals surface area contributed by atoms with Crippen LogP contribution < -0.4 is 11.1 Å². The van der Waals surface area contributed by atoms with Crippen LogP contribution in [0.5, 0.6) is 0 Å². The molecule has 1 aromatic carbocycles. The Morgan fingerprint density at radius 2 is 2.04 bits per heavy atom. The molecule has 2 atom stereocenters. The zero-order valence-corrected chi connectivity index (χ0v) is 14.4. The number of rotatable bonds is 3. The van der Waals surface area contributed by atoms with Crippen molar-refractivity contribution in [3.63, 3.8) is 0 Å². The van der Waals surface area contributed by atoms with Gasteiger partial charge in [-0.2, -0.15) is 4.98 Å². The fraction of sp³-hybridized carbons (Fsp3) is 0.526. The summed E-state index contributed by atoms with van der Waals surface area (Å²) in [4.78, 5) is 17.0. The van der Waals surface area contributed by atoms with Gasteiger partial charge in [0.25, 0.3) is 0 Å². The van der Waals surface area contributed by atoms with E-state index < -0.39 is 0 Å². The Balaban J connectivity index is 1.46. The highest BCUT2D eigenvalue weighted by Crippen LogP contribution is 2.42. The maximum absolute atomic E-state index is 12.8. The monoisotopic (exact) mass is 340 g/mol. The SMILES string of the molecule is Cc1nc(-c2cccc(NC(=O)C3CC4CCCC(C3)C4N)c2)no1. The van der Waals surface area contributed by atoms with Gasteiger partial charge in [-0.15, -0.1) is 0 Å². The molecule has 25 heavy (non-hydrogen) atoms. The van der Waals surface area contributed by atoms with Gasteiger partial charge >= 0.3 is 0 Å². The summed E-state index contributed by atoms with van der Waals surface area (Å²) in [7, 11) is 0. The summed E-state index contributed by atoms with van der Waals surface area (Å²) < 4.78 is 5.03. The molecule has 1 amide bonds. The van der Waals surface area contributed by atoms with E-state index in [2.05, 4.69) is 15.5 Å². The van der Waals surface area contributed by atoms with Gasteiger partial charge in [0, 0.05) is 30.1 Å². The van der Waals surface area contributed by atoms with Crippen molar-refractivity contribution in [2.24, 2.45) is 23.5 Å². The van der Waals surface area contributed by atoms with E-state index in [9.17, 15) is 4.79 Å². The molecule has 0 saturated heterocycles. The number of nitrogens with two attached hydrogens (primary N) is 1. The van der Waals surface area contributed by atoms with Gasteiger partial charge in [0.2, 0.25) is 17.6 Å². The predicted octanol–water partition coefficient (Wildman–Crippen LogP) is 3.14. The Bertz CT molecular complexity index is 758. The van der Waals surface area contributed by atoms with Crippen molar-refractivity contribution in [2.45, 2.75) is 45.1 Å².